The van der Waals surface area contributed by atoms with Crippen LogP contribution in [0.4, 0.5) is 24.8 Å². The summed E-state index contributed by atoms with van der Waals surface area (Å²) >= 11 is 1.53. The van der Waals surface area contributed by atoms with Gasteiger partial charge in [-0.05, 0) is 37.1 Å². The second kappa shape index (κ2) is 9.32. The van der Waals surface area contributed by atoms with Gasteiger partial charge in [0, 0.05) is 42.5 Å². The Kier molecular flexibility index (Phi) is 6.96. The number of nitrogen functional groups attached to an aromatic ring is 1. The molecule has 0 amide bonds. The molecule has 11 heteroatoms. The number of halogens is 3. The fourth-order valence-corrected chi connectivity index (χ4v) is 4.06. The van der Waals surface area contributed by atoms with E-state index in [2.05, 4.69) is 26.1 Å². The minimum Gasteiger partial charge on any atom is -0.393 e. The minimum atomic E-state index is -5.03. The van der Waals surface area contributed by atoms with Crippen molar-refractivity contribution in [1.82, 2.24) is 14.3 Å². The van der Waals surface area contributed by atoms with Crippen molar-refractivity contribution < 1.29 is 23.4 Å². The molecule has 31 heavy (non-hydrogen) atoms. The Morgan fingerprint density at radius 2 is 1.97 bits per heavy atom. The molecule has 2 atom stereocenters. The van der Waals surface area contributed by atoms with E-state index in [1.807, 2.05) is 11.0 Å². The van der Waals surface area contributed by atoms with Gasteiger partial charge in [-0.15, -0.1) is 5.92 Å². The van der Waals surface area contributed by atoms with Crippen LogP contribution in [-0.4, -0.2) is 62.9 Å². The highest BCUT2D eigenvalue weighted by atomic mass is 32.2. The largest absolute Gasteiger partial charge is 0.423 e. The molecule has 2 aromatic rings. The maximum Gasteiger partial charge on any atom is 0.423 e. The monoisotopic (exact) mass is 453 g/mol. The zero-order valence-corrected chi connectivity index (χ0v) is 17.5. The first-order valence-electron chi connectivity index (χ1n) is 9.38. The predicted molar refractivity (Wildman–Crippen MR) is 112 cm³/mol. The second-order valence-electron chi connectivity index (χ2n) is 6.92. The molecule has 1 saturated heterocycles. The molecule has 1 fully saturated rings. The van der Waals surface area contributed by atoms with Gasteiger partial charge in [0.05, 0.1) is 6.61 Å². The van der Waals surface area contributed by atoms with Gasteiger partial charge in [-0.3, -0.25) is 0 Å². The molecule has 3 rings (SSSR count). The van der Waals surface area contributed by atoms with Crippen molar-refractivity contribution >= 4 is 23.6 Å². The number of hydrogen-bond donors (Lipinski definition) is 3. The van der Waals surface area contributed by atoms with Crippen molar-refractivity contribution in [2.45, 2.75) is 29.6 Å². The van der Waals surface area contributed by atoms with Crippen LogP contribution >= 0.6 is 11.9 Å². The fourth-order valence-electron chi connectivity index (χ4n) is 3.15. The van der Waals surface area contributed by atoms with Gasteiger partial charge in [0.1, 0.15) is 17.7 Å². The first-order valence-corrected chi connectivity index (χ1v) is 10.1. The average molecular weight is 453 g/mol. The number of pyridine rings is 2. The highest BCUT2D eigenvalue weighted by Crippen LogP contribution is 2.38. The predicted octanol–water partition coefficient (Wildman–Crippen LogP) is 2.02. The van der Waals surface area contributed by atoms with Crippen LogP contribution in [0, 0.1) is 11.8 Å². The molecular formula is C20H22F3N5O2S. The lowest BCUT2D eigenvalue weighted by atomic mass is 9.95. The summed E-state index contributed by atoms with van der Waals surface area (Å²) in [6.45, 7) is 2.00. The normalized spacial score (nSPS) is 19.4. The number of aliphatic hydroxyl groups is 2. The Morgan fingerprint density at radius 3 is 2.52 bits per heavy atom. The van der Waals surface area contributed by atoms with Gasteiger partial charge in [-0.1, -0.05) is 12.0 Å². The number of aliphatic hydroxyl groups excluding tert-OH is 1. The van der Waals surface area contributed by atoms with Crippen LogP contribution in [0.1, 0.15) is 12.5 Å². The Balaban J connectivity index is 1.76. The Morgan fingerprint density at radius 1 is 1.19 bits per heavy atom. The van der Waals surface area contributed by atoms with E-state index in [0.717, 1.165) is 17.2 Å². The molecule has 1 aliphatic heterocycles. The van der Waals surface area contributed by atoms with Gasteiger partial charge in [0.25, 0.3) is 0 Å². The molecule has 3 heterocycles. The van der Waals surface area contributed by atoms with Gasteiger partial charge >= 0.3 is 6.18 Å². The molecule has 0 aromatic carbocycles. The number of alkyl halides is 3. The Labute approximate surface area is 182 Å². The minimum absolute atomic E-state index is 0.231. The van der Waals surface area contributed by atoms with Crippen molar-refractivity contribution in [2.24, 2.45) is 0 Å². The fraction of sp³-hybridized carbons (Fsp3) is 0.400. The summed E-state index contributed by atoms with van der Waals surface area (Å²) in [5.74, 6) is 6.89. The molecule has 0 aliphatic carbocycles. The molecule has 0 bridgehead atoms. The number of aromatic nitrogens is 2. The van der Waals surface area contributed by atoms with Gasteiger partial charge < -0.3 is 20.8 Å². The van der Waals surface area contributed by atoms with Gasteiger partial charge in [-0.25, -0.2) is 14.3 Å². The number of nitrogens with two attached hydrogens (primary N) is 1. The summed E-state index contributed by atoms with van der Waals surface area (Å²) in [4.78, 5) is 11.0. The lowest BCUT2D eigenvalue weighted by molar-refractivity contribution is -0.277. The Bertz CT molecular complexity index is 947. The lowest BCUT2D eigenvalue weighted by Gasteiger charge is -2.39. The maximum absolute atomic E-state index is 13.2. The summed E-state index contributed by atoms with van der Waals surface area (Å²) in [5, 5.41) is 19.0. The van der Waals surface area contributed by atoms with Crippen molar-refractivity contribution in [3.05, 3.63) is 42.2 Å². The van der Waals surface area contributed by atoms with Gasteiger partial charge in [0.15, 0.2) is 0 Å². The van der Waals surface area contributed by atoms with E-state index in [-0.39, 0.29) is 6.04 Å². The van der Waals surface area contributed by atoms with Crippen LogP contribution in [0.3, 0.4) is 0 Å². The molecule has 2 aromatic heterocycles. The molecule has 2 unspecified atom stereocenters. The third-order valence-corrected chi connectivity index (χ3v) is 5.91. The molecule has 166 valence electrons. The maximum atomic E-state index is 13.2. The molecule has 4 N–H and O–H groups in total. The van der Waals surface area contributed by atoms with E-state index >= 15 is 0 Å². The molecule has 0 radical (unpaired) electrons. The molecular weight excluding hydrogens is 431 g/mol. The van der Waals surface area contributed by atoms with Crippen LogP contribution in [-0.2, 0) is 5.60 Å². The molecule has 0 saturated carbocycles. The van der Waals surface area contributed by atoms with Gasteiger partial charge in [-0.2, -0.15) is 13.2 Å². The van der Waals surface area contributed by atoms with Crippen molar-refractivity contribution in [3.8, 4) is 11.8 Å². The number of rotatable bonds is 5. The smallest absolute Gasteiger partial charge is 0.393 e. The number of anilines is 2. The van der Waals surface area contributed by atoms with Crippen LogP contribution in [0.15, 0.2) is 41.6 Å². The molecule has 0 spiro atoms. The summed E-state index contributed by atoms with van der Waals surface area (Å²) in [6.07, 6.45) is -2.40. The zero-order valence-electron chi connectivity index (χ0n) is 16.7. The molecule has 1 aliphatic rings. The Hall–Kier alpha value is -2.52. The highest BCUT2D eigenvalue weighted by molar-refractivity contribution is 7.97. The number of nitrogens with zero attached hydrogens (tertiary/aromatic N) is 4. The van der Waals surface area contributed by atoms with Crippen LogP contribution in [0.2, 0.25) is 0 Å². The van der Waals surface area contributed by atoms with Crippen LogP contribution < -0.4 is 10.6 Å². The highest BCUT2D eigenvalue weighted by Gasteiger charge is 2.55. The third kappa shape index (κ3) is 5.04. The van der Waals surface area contributed by atoms with E-state index in [1.165, 1.54) is 18.0 Å². The summed E-state index contributed by atoms with van der Waals surface area (Å²) in [5.41, 5.74) is 1.74. The number of hydrogen-bond acceptors (Lipinski definition) is 8. The first-order chi connectivity index (χ1) is 14.7. The van der Waals surface area contributed by atoms with E-state index in [0.29, 0.717) is 31.3 Å². The quantitative estimate of drug-likeness (QED) is 0.467. The van der Waals surface area contributed by atoms with E-state index in [4.69, 9.17) is 10.8 Å². The first kappa shape index (κ1) is 23.1. The standard InChI is InChI=1S/C20H22F3N5O2S/c1-2-3-15-12-27(31-16-5-6-17(24)25-11-16)8-9-28(15)18-7-4-14(10-26-18)19(30,13-29)20(21,22)23/h4-7,10-11,15,29-30H,8-9,12-13H2,1H3,(H2,24,25). The summed E-state index contributed by atoms with van der Waals surface area (Å²) in [6, 6.07) is 5.90. The lowest BCUT2D eigenvalue weighted by Crippen LogP contribution is -2.51. The topological polar surface area (TPSA) is 98.7 Å². The van der Waals surface area contributed by atoms with Crippen LogP contribution in [0.5, 0.6) is 0 Å². The van der Waals surface area contributed by atoms with Crippen molar-refractivity contribution in [2.75, 3.05) is 36.9 Å². The van der Waals surface area contributed by atoms with Gasteiger partial charge in [0.2, 0.25) is 5.60 Å². The summed E-state index contributed by atoms with van der Waals surface area (Å²) < 4.78 is 41.6. The second-order valence-corrected chi connectivity index (χ2v) is 8.09. The van der Waals surface area contributed by atoms with E-state index < -0.39 is 23.9 Å². The van der Waals surface area contributed by atoms with Crippen molar-refractivity contribution in [1.29, 1.82) is 0 Å². The third-order valence-electron chi connectivity index (χ3n) is 4.87. The van der Waals surface area contributed by atoms with Crippen molar-refractivity contribution in [3.63, 3.8) is 0 Å². The SMILES string of the molecule is CC#CC1CN(Sc2ccc(N)nc2)CCN1c1ccc(C(O)(CO)C(F)(F)F)cn1. The van der Waals surface area contributed by atoms with E-state index in [1.54, 1.807) is 19.2 Å². The summed E-state index contributed by atoms with van der Waals surface area (Å²) in [7, 11) is 0. The van der Waals surface area contributed by atoms with Crippen LogP contribution in [0.25, 0.3) is 0 Å². The average Bonchev–Trinajstić information content (AvgIpc) is 2.75. The molecule has 7 nitrogen and oxygen atoms in total. The zero-order chi connectivity index (χ0) is 22.6. The van der Waals surface area contributed by atoms with E-state index in [9.17, 15) is 18.3 Å². The number of piperazine rings is 1.